The number of nitro groups is 1. The zero-order chi connectivity index (χ0) is 14.8. The molecule has 0 radical (unpaired) electrons. The molecule has 1 atom stereocenters. The Bertz CT molecular complexity index is 477. The number of amides is 1. The molecule has 0 saturated carbocycles. The molecule has 0 aromatic heterocycles. The van der Waals surface area contributed by atoms with Crippen LogP contribution in [0.15, 0.2) is 24.3 Å². The second-order valence-corrected chi connectivity index (χ2v) is 5.51. The molecule has 1 aromatic carbocycles. The van der Waals surface area contributed by atoms with E-state index >= 15 is 0 Å². The number of nitrogens with zero attached hydrogens (tertiary/aromatic N) is 2. The van der Waals surface area contributed by atoms with Gasteiger partial charge in [0.2, 0.25) is 5.91 Å². The Hall–Kier alpha value is -1.95. The molecule has 1 amide bonds. The number of non-ortho nitro benzene ring substituents is 1. The first kappa shape index (κ1) is 15.1. The molecule has 19 heavy (non-hydrogen) atoms. The predicted octanol–water partition coefficient (Wildman–Crippen LogP) is 1.93. The van der Waals surface area contributed by atoms with Gasteiger partial charge in [0.15, 0.2) is 0 Å². The number of benzene rings is 1. The maximum atomic E-state index is 12.2. The van der Waals surface area contributed by atoms with Gasteiger partial charge in [-0.1, -0.05) is 20.8 Å². The summed E-state index contributed by atoms with van der Waals surface area (Å²) in [7, 11) is 1.61. The number of nitrogens with two attached hydrogens (primary N) is 1. The van der Waals surface area contributed by atoms with Crippen molar-refractivity contribution in [3.63, 3.8) is 0 Å². The Morgan fingerprint density at radius 1 is 1.32 bits per heavy atom. The second-order valence-electron chi connectivity index (χ2n) is 5.51. The maximum absolute atomic E-state index is 12.2. The summed E-state index contributed by atoms with van der Waals surface area (Å²) < 4.78 is 0. The number of nitro benzene ring substituents is 1. The first-order valence-corrected chi connectivity index (χ1v) is 5.92. The third-order valence-electron chi connectivity index (χ3n) is 2.98. The molecule has 1 rings (SSSR count). The van der Waals surface area contributed by atoms with Gasteiger partial charge >= 0.3 is 0 Å². The van der Waals surface area contributed by atoms with Gasteiger partial charge in [-0.2, -0.15) is 0 Å². The van der Waals surface area contributed by atoms with Crippen molar-refractivity contribution in [3.05, 3.63) is 34.4 Å². The van der Waals surface area contributed by atoms with Crippen LogP contribution in [0, 0.1) is 15.5 Å². The number of carbonyl (C=O) groups excluding carboxylic acids is 1. The van der Waals surface area contributed by atoms with Gasteiger partial charge in [0.05, 0.1) is 11.0 Å². The largest absolute Gasteiger partial charge is 0.319 e. The van der Waals surface area contributed by atoms with Crippen molar-refractivity contribution in [3.8, 4) is 0 Å². The Labute approximate surface area is 112 Å². The van der Waals surface area contributed by atoms with E-state index in [0.29, 0.717) is 5.69 Å². The Kier molecular flexibility index (Phi) is 4.26. The predicted molar refractivity (Wildman–Crippen MR) is 73.9 cm³/mol. The molecule has 2 N–H and O–H groups in total. The van der Waals surface area contributed by atoms with Crippen LogP contribution in [0.25, 0.3) is 0 Å². The van der Waals surface area contributed by atoms with Gasteiger partial charge in [-0.15, -0.1) is 0 Å². The highest BCUT2D eigenvalue weighted by molar-refractivity contribution is 5.97. The van der Waals surface area contributed by atoms with E-state index in [1.165, 1.54) is 29.2 Å². The summed E-state index contributed by atoms with van der Waals surface area (Å²) in [6.07, 6.45) is 0. The minimum Gasteiger partial charge on any atom is -0.319 e. The first-order valence-electron chi connectivity index (χ1n) is 5.92. The summed E-state index contributed by atoms with van der Waals surface area (Å²) in [4.78, 5) is 23.7. The average molecular weight is 265 g/mol. The standard InChI is InChI=1S/C13H19N3O3/c1-13(2,3)11(14)12(17)15(4)9-5-7-10(8-6-9)16(18)19/h5-8,11H,14H2,1-4H3/t11-/m0/s1. The van der Waals surface area contributed by atoms with E-state index < -0.39 is 11.0 Å². The zero-order valence-corrected chi connectivity index (χ0v) is 11.6. The molecule has 0 aliphatic rings. The van der Waals surface area contributed by atoms with Crippen molar-refractivity contribution < 1.29 is 9.72 Å². The van der Waals surface area contributed by atoms with Crippen LogP contribution in [-0.4, -0.2) is 23.9 Å². The molecule has 6 nitrogen and oxygen atoms in total. The number of anilines is 1. The summed E-state index contributed by atoms with van der Waals surface area (Å²) in [5.41, 5.74) is 6.14. The molecule has 104 valence electrons. The first-order chi connectivity index (χ1) is 8.64. The molecular formula is C13H19N3O3. The van der Waals surface area contributed by atoms with Crippen molar-refractivity contribution in [2.75, 3.05) is 11.9 Å². The van der Waals surface area contributed by atoms with Crippen molar-refractivity contribution in [2.45, 2.75) is 26.8 Å². The Morgan fingerprint density at radius 2 is 1.79 bits per heavy atom. The molecule has 6 heteroatoms. The number of carbonyl (C=O) groups is 1. The smallest absolute Gasteiger partial charge is 0.269 e. The summed E-state index contributed by atoms with van der Waals surface area (Å²) in [5.74, 6) is -0.221. The van der Waals surface area contributed by atoms with Gasteiger partial charge in [0.25, 0.3) is 5.69 Å². The number of rotatable bonds is 3. The molecule has 0 unspecified atom stereocenters. The average Bonchev–Trinajstić information content (AvgIpc) is 2.35. The van der Waals surface area contributed by atoms with Crippen molar-refractivity contribution >= 4 is 17.3 Å². The Balaban J connectivity index is 2.91. The fourth-order valence-corrected chi connectivity index (χ4v) is 1.50. The molecular weight excluding hydrogens is 246 g/mol. The van der Waals surface area contributed by atoms with Crippen LogP contribution in [0.2, 0.25) is 0 Å². The van der Waals surface area contributed by atoms with Crippen LogP contribution in [0.3, 0.4) is 0 Å². The minimum atomic E-state index is -0.632. The SMILES string of the molecule is CN(C(=O)[C@H](N)C(C)(C)C)c1ccc([N+](=O)[O-])cc1. The summed E-state index contributed by atoms with van der Waals surface area (Å²) >= 11 is 0. The van der Waals surface area contributed by atoms with Gasteiger partial charge in [-0.25, -0.2) is 0 Å². The Morgan fingerprint density at radius 3 is 2.16 bits per heavy atom. The van der Waals surface area contributed by atoms with Crippen LogP contribution >= 0.6 is 0 Å². The molecule has 0 saturated heterocycles. The highest BCUT2D eigenvalue weighted by atomic mass is 16.6. The van der Waals surface area contributed by atoms with Crippen molar-refractivity contribution in [2.24, 2.45) is 11.1 Å². The topological polar surface area (TPSA) is 89.5 Å². The van der Waals surface area contributed by atoms with E-state index in [0.717, 1.165) is 0 Å². The third-order valence-corrected chi connectivity index (χ3v) is 2.98. The summed E-state index contributed by atoms with van der Waals surface area (Å²) in [6.45, 7) is 5.66. The lowest BCUT2D eigenvalue weighted by molar-refractivity contribution is -0.384. The number of likely N-dealkylation sites (N-methyl/N-ethyl adjacent to an activating group) is 1. The maximum Gasteiger partial charge on any atom is 0.269 e. The van der Waals surface area contributed by atoms with Crippen LogP contribution in [-0.2, 0) is 4.79 Å². The zero-order valence-electron chi connectivity index (χ0n) is 11.6. The third kappa shape index (κ3) is 3.51. The minimum absolute atomic E-state index is 0.00952. The monoisotopic (exact) mass is 265 g/mol. The highest BCUT2D eigenvalue weighted by Gasteiger charge is 2.30. The van der Waals surface area contributed by atoms with E-state index in [-0.39, 0.29) is 17.0 Å². The summed E-state index contributed by atoms with van der Waals surface area (Å²) in [5, 5.41) is 10.6. The molecule has 0 bridgehead atoms. The normalized spacial score (nSPS) is 12.9. The van der Waals surface area contributed by atoms with Crippen molar-refractivity contribution in [1.82, 2.24) is 0 Å². The van der Waals surface area contributed by atoms with Gasteiger partial charge in [0, 0.05) is 24.9 Å². The van der Waals surface area contributed by atoms with Gasteiger partial charge in [-0.05, 0) is 17.5 Å². The van der Waals surface area contributed by atoms with Crippen LogP contribution in [0.5, 0.6) is 0 Å². The highest BCUT2D eigenvalue weighted by Crippen LogP contribution is 2.23. The van der Waals surface area contributed by atoms with Gasteiger partial charge in [-0.3, -0.25) is 14.9 Å². The molecule has 0 spiro atoms. The molecule has 0 fully saturated rings. The van der Waals surface area contributed by atoms with Crippen LogP contribution in [0.4, 0.5) is 11.4 Å². The number of hydrogen-bond acceptors (Lipinski definition) is 4. The van der Waals surface area contributed by atoms with E-state index in [1.54, 1.807) is 7.05 Å². The fraction of sp³-hybridized carbons (Fsp3) is 0.462. The quantitative estimate of drug-likeness (QED) is 0.668. The fourth-order valence-electron chi connectivity index (χ4n) is 1.50. The van der Waals surface area contributed by atoms with E-state index in [2.05, 4.69) is 0 Å². The van der Waals surface area contributed by atoms with Crippen molar-refractivity contribution in [1.29, 1.82) is 0 Å². The lowest BCUT2D eigenvalue weighted by Crippen LogP contribution is -2.49. The van der Waals surface area contributed by atoms with Gasteiger partial charge in [0.1, 0.15) is 0 Å². The lowest BCUT2D eigenvalue weighted by Gasteiger charge is -2.30. The van der Waals surface area contributed by atoms with Gasteiger partial charge < -0.3 is 10.6 Å². The molecule has 0 aliphatic heterocycles. The molecule has 1 aromatic rings. The second kappa shape index (κ2) is 5.36. The molecule has 0 aliphatic carbocycles. The van der Waals surface area contributed by atoms with E-state index in [4.69, 9.17) is 5.73 Å². The van der Waals surface area contributed by atoms with Crippen LogP contribution < -0.4 is 10.6 Å². The molecule has 0 heterocycles. The lowest BCUT2D eigenvalue weighted by atomic mass is 9.86. The summed E-state index contributed by atoms with van der Waals surface area (Å²) in [6, 6.07) is 5.16. The van der Waals surface area contributed by atoms with Crippen LogP contribution in [0.1, 0.15) is 20.8 Å². The van der Waals surface area contributed by atoms with E-state index in [9.17, 15) is 14.9 Å². The van der Waals surface area contributed by atoms with E-state index in [1.807, 2.05) is 20.8 Å². The number of hydrogen-bond donors (Lipinski definition) is 1.